The van der Waals surface area contributed by atoms with E-state index in [0.717, 1.165) is 0 Å². The minimum atomic E-state index is -1.64. The highest BCUT2D eigenvalue weighted by Crippen LogP contribution is 2.37. The van der Waals surface area contributed by atoms with Crippen LogP contribution in [0.5, 0.6) is 0 Å². The molecule has 1 atom stereocenters. The molecule has 2 aromatic rings. The Labute approximate surface area is 120 Å². The minimum Gasteiger partial charge on any atom is -0.450 e. The number of ether oxygens (including phenoxy) is 2. The normalized spacial score (nSPS) is 20.3. The first-order valence-electron chi connectivity index (χ1n) is 6.39. The van der Waals surface area contributed by atoms with E-state index < -0.39 is 17.9 Å². The van der Waals surface area contributed by atoms with Gasteiger partial charge in [0, 0.05) is 5.56 Å². The Kier molecular flexibility index (Phi) is 3.10. The molecule has 0 amide bonds. The highest BCUT2D eigenvalue weighted by atomic mass is 16.8. The zero-order valence-corrected chi connectivity index (χ0v) is 11.0. The van der Waals surface area contributed by atoms with Gasteiger partial charge in [-0.15, -0.1) is 0 Å². The van der Waals surface area contributed by atoms with Crippen molar-refractivity contribution >= 4 is 12.1 Å². The van der Waals surface area contributed by atoms with Crippen LogP contribution in [0.25, 0.3) is 0 Å². The summed E-state index contributed by atoms with van der Waals surface area (Å²) in [5.41, 5.74) is 1.60. The van der Waals surface area contributed by atoms with Gasteiger partial charge in [-0.05, 0) is 11.6 Å². The Balaban J connectivity index is 2.11. The molecule has 2 aromatic carbocycles. The average Bonchev–Trinajstić information content (AvgIpc) is 2.47. The summed E-state index contributed by atoms with van der Waals surface area (Å²) >= 11 is 0. The van der Waals surface area contributed by atoms with Gasteiger partial charge in [0.1, 0.15) is 0 Å². The molecule has 0 spiro atoms. The third kappa shape index (κ3) is 2.33. The number of carboxylic acid groups (broad SMARTS) is 1. The van der Waals surface area contributed by atoms with Gasteiger partial charge >= 0.3 is 12.1 Å². The number of cyclic esters (lactones) is 1. The molecule has 0 radical (unpaired) electrons. The monoisotopic (exact) mass is 284 g/mol. The Morgan fingerprint density at radius 3 is 2.48 bits per heavy atom. The topological polar surface area (TPSA) is 72.8 Å². The van der Waals surface area contributed by atoms with Gasteiger partial charge in [0.15, 0.2) is 0 Å². The summed E-state index contributed by atoms with van der Waals surface area (Å²) in [6.45, 7) is 0. The molecule has 0 bridgehead atoms. The quantitative estimate of drug-likeness (QED) is 0.858. The lowest BCUT2D eigenvalue weighted by Crippen LogP contribution is -2.42. The predicted octanol–water partition coefficient (Wildman–Crippen LogP) is 2.95. The van der Waals surface area contributed by atoms with Gasteiger partial charge in [-0.1, -0.05) is 48.5 Å². The largest absolute Gasteiger partial charge is 0.509 e. The maximum atomic E-state index is 12.2. The SMILES string of the molecule is O=C(O)OC1(c2ccccc2)Cc2ccccc2C(=O)O1. The highest BCUT2D eigenvalue weighted by Gasteiger charge is 2.45. The van der Waals surface area contributed by atoms with Crippen LogP contribution in [0.4, 0.5) is 4.79 Å². The van der Waals surface area contributed by atoms with Gasteiger partial charge in [0.25, 0.3) is 5.79 Å². The van der Waals surface area contributed by atoms with E-state index in [0.29, 0.717) is 16.7 Å². The predicted molar refractivity (Wildman–Crippen MR) is 72.8 cm³/mol. The number of rotatable bonds is 2. The third-order valence-corrected chi connectivity index (χ3v) is 3.38. The second-order valence-corrected chi connectivity index (χ2v) is 4.71. The van der Waals surface area contributed by atoms with Gasteiger partial charge in [-0.25, -0.2) is 9.59 Å². The summed E-state index contributed by atoms with van der Waals surface area (Å²) in [5.74, 6) is -2.24. The third-order valence-electron chi connectivity index (χ3n) is 3.38. The Morgan fingerprint density at radius 1 is 1.10 bits per heavy atom. The number of carbonyl (C=O) groups excluding carboxylic acids is 1. The van der Waals surface area contributed by atoms with Crippen molar-refractivity contribution in [3.8, 4) is 0 Å². The van der Waals surface area contributed by atoms with E-state index in [2.05, 4.69) is 0 Å². The summed E-state index contributed by atoms with van der Waals surface area (Å²) in [7, 11) is 0. The van der Waals surface area contributed by atoms with Crippen LogP contribution >= 0.6 is 0 Å². The van der Waals surface area contributed by atoms with Gasteiger partial charge in [-0.3, -0.25) is 0 Å². The Morgan fingerprint density at radius 2 is 1.76 bits per heavy atom. The number of benzene rings is 2. The fourth-order valence-corrected chi connectivity index (χ4v) is 2.48. The van der Waals surface area contributed by atoms with Crippen molar-refractivity contribution in [2.24, 2.45) is 0 Å². The van der Waals surface area contributed by atoms with Crippen LogP contribution in [0.3, 0.4) is 0 Å². The maximum absolute atomic E-state index is 12.2. The molecule has 1 heterocycles. The van der Waals surface area contributed by atoms with Crippen molar-refractivity contribution in [3.05, 3.63) is 71.3 Å². The van der Waals surface area contributed by atoms with Crippen LogP contribution < -0.4 is 0 Å². The van der Waals surface area contributed by atoms with Crippen LogP contribution in [0, 0.1) is 0 Å². The molecule has 21 heavy (non-hydrogen) atoms. The second kappa shape index (κ2) is 4.94. The lowest BCUT2D eigenvalue weighted by Gasteiger charge is -2.35. The summed E-state index contributed by atoms with van der Waals surface area (Å²) in [6, 6.07) is 15.5. The van der Waals surface area contributed by atoms with E-state index >= 15 is 0 Å². The van der Waals surface area contributed by atoms with E-state index in [1.807, 2.05) is 0 Å². The maximum Gasteiger partial charge on any atom is 0.509 e. The zero-order valence-electron chi connectivity index (χ0n) is 11.0. The summed E-state index contributed by atoms with van der Waals surface area (Å²) < 4.78 is 10.3. The van der Waals surface area contributed by atoms with E-state index in [4.69, 9.17) is 14.6 Å². The lowest BCUT2D eigenvalue weighted by molar-refractivity contribution is -0.187. The van der Waals surface area contributed by atoms with Gasteiger partial charge < -0.3 is 14.6 Å². The lowest BCUT2D eigenvalue weighted by atomic mass is 9.91. The Bertz CT molecular complexity index is 695. The molecule has 0 aromatic heterocycles. The van der Waals surface area contributed by atoms with Crippen LogP contribution in [-0.4, -0.2) is 17.2 Å². The number of carbonyl (C=O) groups is 2. The van der Waals surface area contributed by atoms with E-state index in [1.54, 1.807) is 54.6 Å². The molecule has 3 rings (SSSR count). The smallest absolute Gasteiger partial charge is 0.450 e. The van der Waals surface area contributed by atoms with Crippen molar-refractivity contribution in [2.45, 2.75) is 12.2 Å². The minimum absolute atomic E-state index is 0.144. The molecule has 1 aliphatic rings. The van der Waals surface area contributed by atoms with Crippen LogP contribution in [0.15, 0.2) is 54.6 Å². The van der Waals surface area contributed by atoms with Crippen molar-refractivity contribution in [1.29, 1.82) is 0 Å². The fourth-order valence-electron chi connectivity index (χ4n) is 2.48. The van der Waals surface area contributed by atoms with Crippen molar-refractivity contribution in [1.82, 2.24) is 0 Å². The molecule has 0 saturated heterocycles. The number of hydrogen-bond acceptors (Lipinski definition) is 4. The molecular weight excluding hydrogens is 272 g/mol. The summed E-state index contributed by atoms with van der Waals surface area (Å²) in [4.78, 5) is 23.2. The average molecular weight is 284 g/mol. The van der Waals surface area contributed by atoms with Gasteiger partial charge in [0.05, 0.1) is 12.0 Å². The molecule has 5 nitrogen and oxygen atoms in total. The molecular formula is C16H12O5. The van der Waals surface area contributed by atoms with E-state index in [-0.39, 0.29) is 6.42 Å². The van der Waals surface area contributed by atoms with Crippen molar-refractivity contribution < 1.29 is 24.2 Å². The van der Waals surface area contributed by atoms with Crippen LogP contribution in [-0.2, 0) is 21.7 Å². The van der Waals surface area contributed by atoms with Crippen LogP contribution in [0.2, 0.25) is 0 Å². The number of fused-ring (bicyclic) bond motifs is 1. The summed E-state index contributed by atoms with van der Waals surface area (Å²) in [6.07, 6.45) is -1.35. The first-order chi connectivity index (χ1) is 10.1. The second-order valence-electron chi connectivity index (χ2n) is 4.71. The molecule has 5 heteroatoms. The standard InChI is InChI=1S/C16H12O5/c17-14-13-9-5-4-6-11(13)10-16(20-14,21-15(18)19)12-7-2-1-3-8-12/h1-9H,10H2,(H,18,19). The molecule has 106 valence electrons. The molecule has 1 unspecified atom stereocenters. The zero-order chi connectivity index (χ0) is 14.9. The Hall–Kier alpha value is -2.82. The molecule has 0 fully saturated rings. The molecule has 1 N–H and O–H groups in total. The van der Waals surface area contributed by atoms with E-state index in [9.17, 15) is 9.59 Å². The first-order valence-corrected chi connectivity index (χ1v) is 6.39. The fraction of sp³-hybridized carbons (Fsp3) is 0.125. The number of esters is 1. The highest BCUT2D eigenvalue weighted by molar-refractivity contribution is 5.92. The first kappa shape index (κ1) is 13.2. The summed E-state index contributed by atoms with van der Waals surface area (Å²) in [5, 5.41) is 9.01. The van der Waals surface area contributed by atoms with Crippen LogP contribution in [0.1, 0.15) is 21.5 Å². The van der Waals surface area contributed by atoms with Gasteiger partial charge in [-0.2, -0.15) is 0 Å². The van der Waals surface area contributed by atoms with Gasteiger partial charge in [0.2, 0.25) is 0 Å². The van der Waals surface area contributed by atoms with E-state index in [1.165, 1.54) is 0 Å². The molecule has 0 saturated carbocycles. The molecule has 1 aliphatic heterocycles. The van der Waals surface area contributed by atoms with Crippen molar-refractivity contribution in [3.63, 3.8) is 0 Å². The number of hydrogen-bond donors (Lipinski definition) is 1. The van der Waals surface area contributed by atoms with Crippen molar-refractivity contribution in [2.75, 3.05) is 0 Å². The molecule has 0 aliphatic carbocycles.